The first-order valence-corrected chi connectivity index (χ1v) is 7.96. The number of rotatable bonds is 4. The van der Waals surface area contributed by atoms with Crippen molar-refractivity contribution in [3.05, 3.63) is 28.2 Å². The summed E-state index contributed by atoms with van der Waals surface area (Å²) in [6.07, 6.45) is 6.49. The van der Waals surface area contributed by atoms with Gasteiger partial charge in [0, 0.05) is 16.5 Å². The van der Waals surface area contributed by atoms with E-state index in [0.29, 0.717) is 23.6 Å². The molecule has 1 aliphatic rings. The lowest BCUT2D eigenvalue weighted by Gasteiger charge is -2.21. The summed E-state index contributed by atoms with van der Waals surface area (Å²) in [7, 11) is 0. The Bertz CT molecular complexity index is 540. The van der Waals surface area contributed by atoms with E-state index in [2.05, 4.69) is 26.4 Å². The molecule has 1 fully saturated rings. The molecule has 0 radical (unpaired) electrons. The maximum Gasteiger partial charge on any atom is 0.224 e. The molecule has 0 atom stereocenters. The van der Waals surface area contributed by atoms with Crippen LogP contribution in [0.2, 0.25) is 0 Å². The SMILES string of the molecule is N/C(=N/O)c1cc(Br)ccc1NC(=O)CC1CCCCC1. The number of oxime groups is 1. The van der Waals surface area contributed by atoms with Gasteiger partial charge in [0.1, 0.15) is 0 Å². The van der Waals surface area contributed by atoms with E-state index >= 15 is 0 Å². The summed E-state index contributed by atoms with van der Waals surface area (Å²) >= 11 is 3.33. The van der Waals surface area contributed by atoms with Crippen LogP contribution < -0.4 is 11.1 Å². The molecule has 0 spiro atoms. The van der Waals surface area contributed by atoms with Crippen molar-refractivity contribution >= 4 is 33.4 Å². The maximum absolute atomic E-state index is 12.2. The number of hydrogen-bond donors (Lipinski definition) is 3. The van der Waals surface area contributed by atoms with Gasteiger partial charge in [0.25, 0.3) is 0 Å². The fraction of sp³-hybridized carbons (Fsp3) is 0.467. The predicted molar refractivity (Wildman–Crippen MR) is 86.5 cm³/mol. The number of nitrogens with zero attached hydrogens (tertiary/aromatic N) is 1. The minimum Gasteiger partial charge on any atom is -0.409 e. The quantitative estimate of drug-likeness (QED) is 0.335. The maximum atomic E-state index is 12.2. The third-order valence-corrected chi connectivity index (χ3v) is 4.33. The molecule has 6 heteroatoms. The molecular formula is C15H20BrN3O2. The van der Waals surface area contributed by atoms with Crippen LogP contribution in [-0.4, -0.2) is 17.0 Å². The van der Waals surface area contributed by atoms with Gasteiger partial charge in [-0.2, -0.15) is 0 Å². The summed E-state index contributed by atoms with van der Waals surface area (Å²) in [6.45, 7) is 0. The Hall–Kier alpha value is -1.56. The van der Waals surface area contributed by atoms with Crippen LogP contribution in [0.5, 0.6) is 0 Å². The lowest BCUT2D eigenvalue weighted by Crippen LogP contribution is -2.21. The first kappa shape index (κ1) is 15.8. The van der Waals surface area contributed by atoms with Crippen LogP contribution in [0.1, 0.15) is 44.1 Å². The summed E-state index contributed by atoms with van der Waals surface area (Å²) in [5.41, 5.74) is 6.72. The highest BCUT2D eigenvalue weighted by Gasteiger charge is 2.18. The van der Waals surface area contributed by atoms with Crippen molar-refractivity contribution in [1.82, 2.24) is 0 Å². The van der Waals surface area contributed by atoms with Crippen molar-refractivity contribution < 1.29 is 10.0 Å². The summed E-state index contributed by atoms with van der Waals surface area (Å²) in [5.74, 6) is 0.432. The predicted octanol–water partition coefficient (Wildman–Crippen LogP) is 3.45. The molecule has 4 N–H and O–H groups in total. The number of anilines is 1. The van der Waals surface area contributed by atoms with Crippen molar-refractivity contribution in [2.45, 2.75) is 38.5 Å². The number of benzene rings is 1. The molecule has 114 valence electrons. The molecule has 2 rings (SSSR count). The van der Waals surface area contributed by atoms with Crippen LogP contribution in [0.3, 0.4) is 0 Å². The van der Waals surface area contributed by atoms with E-state index in [4.69, 9.17) is 10.9 Å². The van der Waals surface area contributed by atoms with Crippen LogP contribution >= 0.6 is 15.9 Å². The lowest BCUT2D eigenvalue weighted by atomic mass is 9.87. The van der Waals surface area contributed by atoms with Crippen LogP contribution in [0.4, 0.5) is 5.69 Å². The van der Waals surface area contributed by atoms with Crippen molar-refractivity contribution in [3.63, 3.8) is 0 Å². The van der Waals surface area contributed by atoms with Gasteiger partial charge in [0.05, 0.1) is 5.69 Å². The van der Waals surface area contributed by atoms with Gasteiger partial charge in [-0.15, -0.1) is 0 Å². The number of amides is 1. The second kappa shape index (κ2) is 7.45. The Kier molecular flexibility index (Phi) is 5.61. The van der Waals surface area contributed by atoms with Crippen LogP contribution in [-0.2, 0) is 4.79 Å². The van der Waals surface area contributed by atoms with E-state index in [-0.39, 0.29) is 11.7 Å². The molecule has 1 aliphatic carbocycles. The zero-order valence-corrected chi connectivity index (χ0v) is 13.4. The second-order valence-electron chi connectivity index (χ2n) is 5.43. The van der Waals surface area contributed by atoms with Gasteiger partial charge in [-0.1, -0.05) is 40.3 Å². The fourth-order valence-electron chi connectivity index (χ4n) is 2.75. The van der Waals surface area contributed by atoms with Gasteiger partial charge in [0.15, 0.2) is 5.84 Å². The highest BCUT2D eigenvalue weighted by atomic mass is 79.9. The highest BCUT2D eigenvalue weighted by Crippen LogP contribution is 2.27. The van der Waals surface area contributed by atoms with Crippen LogP contribution in [0.15, 0.2) is 27.8 Å². The van der Waals surface area contributed by atoms with Crippen molar-refractivity contribution in [2.75, 3.05) is 5.32 Å². The number of carbonyl (C=O) groups excluding carboxylic acids is 1. The first-order valence-electron chi connectivity index (χ1n) is 7.17. The number of carbonyl (C=O) groups is 1. The summed E-state index contributed by atoms with van der Waals surface area (Å²) in [5, 5.41) is 14.7. The van der Waals surface area contributed by atoms with E-state index in [0.717, 1.165) is 17.3 Å². The molecule has 0 bridgehead atoms. The zero-order valence-electron chi connectivity index (χ0n) is 11.8. The van der Waals surface area contributed by atoms with Gasteiger partial charge >= 0.3 is 0 Å². The molecule has 0 heterocycles. The molecule has 1 aromatic rings. The van der Waals surface area contributed by atoms with Crippen molar-refractivity contribution in [3.8, 4) is 0 Å². The lowest BCUT2D eigenvalue weighted by molar-refractivity contribution is -0.117. The molecule has 0 aromatic heterocycles. The Morgan fingerprint density at radius 1 is 1.38 bits per heavy atom. The van der Waals surface area contributed by atoms with Gasteiger partial charge in [-0.25, -0.2) is 0 Å². The van der Waals surface area contributed by atoms with Gasteiger partial charge in [-0.05, 0) is 37.0 Å². The number of hydrogen-bond acceptors (Lipinski definition) is 3. The molecule has 1 saturated carbocycles. The Balaban J connectivity index is 2.06. The third-order valence-electron chi connectivity index (χ3n) is 3.84. The van der Waals surface area contributed by atoms with E-state index in [1.165, 1.54) is 19.3 Å². The molecular weight excluding hydrogens is 334 g/mol. The average Bonchev–Trinajstić information content (AvgIpc) is 2.49. The average molecular weight is 354 g/mol. The van der Waals surface area contributed by atoms with Crippen molar-refractivity contribution in [2.24, 2.45) is 16.8 Å². The van der Waals surface area contributed by atoms with Gasteiger partial charge in [-0.3, -0.25) is 4.79 Å². The zero-order chi connectivity index (χ0) is 15.2. The normalized spacial score (nSPS) is 16.7. The number of nitrogens with two attached hydrogens (primary N) is 1. The van der Waals surface area contributed by atoms with E-state index in [9.17, 15) is 4.79 Å². The van der Waals surface area contributed by atoms with Gasteiger partial charge < -0.3 is 16.3 Å². The smallest absolute Gasteiger partial charge is 0.224 e. The summed E-state index contributed by atoms with van der Waals surface area (Å²) < 4.78 is 0.800. The summed E-state index contributed by atoms with van der Waals surface area (Å²) in [6, 6.07) is 5.27. The molecule has 21 heavy (non-hydrogen) atoms. The summed E-state index contributed by atoms with van der Waals surface area (Å²) in [4.78, 5) is 12.2. The minimum atomic E-state index is -0.0238. The number of nitrogens with one attached hydrogen (secondary N) is 1. The monoisotopic (exact) mass is 353 g/mol. The van der Waals surface area contributed by atoms with Crippen LogP contribution in [0, 0.1) is 5.92 Å². The molecule has 1 amide bonds. The second-order valence-corrected chi connectivity index (χ2v) is 6.35. The van der Waals surface area contributed by atoms with E-state index in [1.54, 1.807) is 12.1 Å². The van der Waals surface area contributed by atoms with Crippen LogP contribution in [0.25, 0.3) is 0 Å². The van der Waals surface area contributed by atoms with E-state index < -0.39 is 0 Å². The molecule has 0 aliphatic heterocycles. The minimum absolute atomic E-state index is 0.0174. The molecule has 1 aromatic carbocycles. The molecule has 0 saturated heterocycles. The Labute approximate surface area is 132 Å². The van der Waals surface area contributed by atoms with Gasteiger partial charge in [0.2, 0.25) is 5.91 Å². The highest BCUT2D eigenvalue weighted by molar-refractivity contribution is 9.10. The Morgan fingerprint density at radius 3 is 2.76 bits per heavy atom. The third kappa shape index (κ3) is 4.46. The number of halogens is 1. The standard InChI is InChI=1S/C15H20BrN3O2/c16-11-6-7-13(12(9-11)15(17)19-21)18-14(20)8-10-4-2-1-3-5-10/h6-7,9-10,21H,1-5,8H2,(H2,17,19)(H,18,20). The molecule has 5 nitrogen and oxygen atoms in total. The fourth-order valence-corrected chi connectivity index (χ4v) is 3.11. The molecule has 0 unspecified atom stereocenters. The van der Waals surface area contributed by atoms with E-state index in [1.807, 2.05) is 6.07 Å². The largest absolute Gasteiger partial charge is 0.409 e. The number of amidine groups is 1. The van der Waals surface area contributed by atoms with Crippen molar-refractivity contribution in [1.29, 1.82) is 0 Å². The first-order chi connectivity index (χ1) is 10.1. The topological polar surface area (TPSA) is 87.7 Å². The Morgan fingerprint density at radius 2 is 2.10 bits per heavy atom.